The van der Waals surface area contributed by atoms with Gasteiger partial charge in [-0.2, -0.15) is 0 Å². The van der Waals surface area contributed by atoms with Crippen molar-refractivity contribution in [3.05, 3.63) is 17.1 Å². The molecule has 4 rings (SSSR count). The third-order valence-corrected chi connectivity index (χ3v) is 5.53. The van der Waals surface area contributed by atoms with Gasteiger partial charge in [0.15, 0.2) is 0 Å². The molecule has 6 nitrogen and oxygen atoms in total. The van der Waals surface area contributed by atoms with E-state index >= 15 is 0 Å². The molecule has 0 aromatic carbocycles. The van der Waals surface area contributed by atoms with Crippen molar-refractivity contribution < 1.29 is 9.59 Å². The molecule has 0 saturated heterocycles. The first-order chi connectivity index (χ1) is 10.7. The van der Waals surface area contributed by atoms with Gasteiger partial charge in [-0.25, -0.2) is 9.78 Å². The van der Waals surface area contributed by atoms with E-state index < -0.39 is 5.91 Å². The molecule has 0 atom stereocenters. The first kappa shape index (κ1) is 13.5. The maximum Gasteiger partial charge on any atom is 0.326 e. The molecule has 1 fully saturated rings. The Labute approximate surface area is 131 Å². The van der Waals surface area contributed by atoms with Crippen molar-refractivity contribution in [1.29, 1.82) is 0 Å². The zero-order chi connectivity index (χ0) is 15.3. The Morgan fingerprint density at radius 1 is 1.36 bits per heavy atom. The minimum absolute atomic E-state index is 0.123. The lowest BCUT2D eigenvalue weighted by Crippen LogP contribution is -2.46. The second-order valence-corrected chi connectivity index (χ2v) is 6.77. The third kappa shape index (κ3) is 1.89. The Kier molecular flexibility index (Phi) is 3.04. The number of aromatic nitrogens is 1. The molecule has 7 heteroatoms. The molecule has 2 aromatic rings. The van der Waals surface area contributed by atoms with Crippen LogP contribution in [0.15, 0.2) is 12.3 Å². The Hall–Kier alpha value is -2.15. The van der Waals surface area contributed by atoms with Gasteiger partial charge in [-0.3, -0.25) is 9.69 Å². The maximum absolute atomic E-state index is 12.6. The van der Waals surface area contributed by atoms with Crippen LogP contribution in [0.2, 0.25) is 0 Å². The van der Waals surface area contributed by atoms with Gasteiger partial charge in [0.1, 0.15) is 9.71 Å². The Balaban J connectivity index is 1.95. The van der Waals surface area contributed by atoms with Crippen LogP contribution in [0.4, 0.5) is 16.2 Å². The molecule has 0 unspecified atom stereocenters. The normalized spacial score (nSPS) is 18.5. The molecule has 0 bridgehead atoms. The van der Waals surface area contributed by atoms with Crippen molar-refractivity contribution in [2.45, 2.75) is 38.1 Å². The number of hydrogen-bond acceptors (Lipinski definition) is 4. The van der Waals surface area contributed by atoms with Crippen LogP contribution in [0.25, 0.3) is 10.2 Å². The fourth-order valence-corrected chi connectivity index (χ4v) is 4.49. The first-order valence-corrected chi connectivity index (χ1v) is 8.30. The average Bonchev–Trinajstić information content (AvgIpc) is 2.90. The second kappa shape index (κ2) is 4.95. The van der Waals surface area contributed by atoms with Crippen molar-refractivity contribution in [1.82, 2.24) is 4.98 Å². The number of nitrogens with zero attached hydrogens (tertiary/aromatic N) is 2. The summed E-state index contributed by atoms with van der Waals surface area (Å²) in [5.41, 5.74) is 6.92. The van der Waals surface area contributed by atoms with Gasteiger partial charge in [0.05, 0.1) is 16.8 Å². The zero-order valence-electron chi connectivity index (χ0n) is 12.0. The van der Waals surface area contributed by atoms with E-state index in [2.05, 4.69) is 10.3 Å². The van der Waals surface area contributed by atoms with Crippen molar-refractivity contribution in [2.75, 3.05) is 10.2 Å². The largest absolute Gasteiger partial charge is 0.365 e. The summed E-state index contributed by atoms with van der Waals surface area (Å²) in [6.07, 6.45) is 6.96. The quantitative estimate of drug-likeness (QED) is 0.892. The van der Waals surface area contributed by atoms with Gasteiger partial charge in [0.2, 0.25) is 0 Å². The molecule has 114 valence electrons. The number of nitrogens with two attached hydrogens (primary N) is 1. The average molecular weight is 316 g/mol. The number of nitrogens with one attached hydrogen (secondary N) is 1. The van der Waals surface area contributed by atoms with Crippen LogP contribution >= 0.6 is 11.3 Å². The molecule has 2 aliphatic rings. The standard InChI is InChI=1S/C15H16N4O2S/c16-13(20)12-11-10-9(6-7-17-14(10)22-12)18-15(21)19(11)8-4-2-1-3-5-8/h6-8H,1-5H2,(H2,16,20)(H,18,21). The van der Waals surface area contributed by atoms with Gasteiger partial charge in [-0.1, -0.05) is 19.3 Å². The van der Waals surface area contributed by atoms with E-state index in [0.717, 1.165) is 35.9 Å². The molecule has 22 heavy (non-hydrogen) atoms. The van der Waals surface area contributed by atoms with E-state index in [9.17, 15) is 9.59 Å². The van der Waals surface area contributed by atoms with Gasteiger partial charge < -0.3 is 11.1 Å². The maximum atomic E-state index is 12.6. The minimum atomic E-state index is -0.501. The number of rotatable bonds is 2. The number of thiophene rings is 1. The molecule has 1 aliphatic carbocycles. The molecule has 3 N–H and O–H groups in total. The molecule has 1 aliphatic heterocycles. The summed E-state index contributed by atoms with van der Waals surface area (Å²) >= 11 is 1.26. The summed E-state index contributed by atoms with van der Waals surface area (Å²) in [6.45, 7) is 0. The van der Waals surface area contributed by atoms with Crippen molar-refractivity contribution in [3.8, 4) is 0 Å². The fourth-order valence-electron chi connectivity index (χ4n) is 3.47. The van der Waals surface area contributed by atoms with E-state index in [1.807, 2.05) is 0 Å². The van der Waals surface area contributed by atoms with Crippen LogP contribution in [-0.2, 0) is 0 Å². The van der Waals surface area contributed by atoms with Crippen LogP contribution in [0.5, 0.6) is 0 Å². The van der Waals surface area contributed by atoms with E-state index in [1.54, 1.807) is 17.2 Å². The number of anilines is 2. The summed E-state index contributed by atoms with van der Waals surface area (Å²) in [6, 6.07) is 1.71. The monoisotopic (exact) mass is 316 g/mol. The predicted octanol–water partition coefficient (Wildman–Crippen LogP) is 3.08. The molecule has 1 saturated carbocycles. The Bertz CT molecular complexity index is 779. The van der Waals surface area contributed by atoms with Gasteiger partial charge in [-0.15, -0.1) is 11.3 Å². The lowest BCUT2D eigenvalue weighted by atomic mass is 9.93. The summed E-state index contributed by atoms with van der Waals surface area (Å²) in [7, 11) is 0. The van der Waals surface area contributed by atoms with Crippen molar-refractivity contribution in [3.63, 3.8) is 0 Å². The first-order valence-electron chi connectivity index (χ1n) is 7.48. The molecule has 2 aromatic heterocycles. The highest BCUT2D eigenvalue weighted by molar-refractivity contribution is 7.21. The molecular weight excluding hydrogens is 300 g/mol. The van der Waals surface area contributed by atoms with Crippen LogP contribution < -0.4 is 16.0 Å². The highest BCUT2D eigenvalue weighted by Crippen LogP contribution is 2.45. The summed E-state index contributed by atoms with van der Waals surface area (Å²) in [5.74, 6) is -0.501. The summed E-state index contributed by atoms with van der Waals surface area (Å²) in [4.78, 5) is 31.7. The van der Waals surface area contributed by atoms with Crippen molar-refractivity contribution >= 4 is 44.9 Å². The highest BCUT2D eigenvalue weighted by atomic mass is 32.1. The van der Waals surface area contributed by atoms with E-state index in [-0.39, 0.29) is 12.1 Å². The number of amides is 3. The van der Waals surface area contributed by atoms with Crippen molar-refractivity contribution in [2.24, 2.45) is 5.73 Å². The molecular formula is C15H16N4O2S. The summed E-state index contributed by atoms with van der Waals surface area (Å²) in [5, 5.41) is 3.76. The van der Waals surface area contributed by atoms with Gasteiger partial charge in [0.25, 0.3) is 5.91 Å². The van der Waals surface area contributed by atoms with Gasteiger partial charge in [-0.05, 0) is 18.9 Å². The molecule has 3 amide bonds. The minimum Gasteiger partial charge on any atom is -0.365 e. The number of hydrogen-bond donors (Lipinski definition) is 2. The smallest absolute Gasteiger partial charge is 0.326 e. The van der Waals surface area contributed by atoms with Gasteiger partial charge in [0, 0.05) is 12.2 Å². The Morgan fingerprint density at radius 3 is 2.86 bits per heavy atom. The lowest BCUT2D eigenvalue weighted by Gasteiger charge is -2.36. The van der Waals surface area contributed by atoms with Crippen LogP contribution in [0, 0.1) is 0 Å². The summed E-state index contributed by atoms with van der Waals surface area (Å²) < 4.78 is 0. The van der Waals surface area contributed by atoms with Gasteiger partial charge >= 0.3 is 6.03 Å². The van der Waals surface area contributed by atoms with Crippen LogP contribution in [-0.4, -0.2) is 23.0 Å². The number of carbonyl (C=O) groups excluding carboxylic acids is 2. The van der Waals surface area contributed by atoms with Crippen LogP contribution in [0.3, 0.4) is 0 Å². The molecule has 3 heterocycles. The topological polar surface area (TPSA) is 88.3 Å². The fraction of sp³-hybridized carbons (Fsp3) is 0.400. The molecule has 0 radical (unpaired) electrons. The van der Waals surface area contributed by atoms with E-state index in [4.69, 9.17) is 5.73 Å². The van der Waals surface area contributed by atoms with E-state index in [0.29, 0.717) is 16.3 Å². The Morgan fingerprint density at radius 2 is 2.14 bits per heavy atom. The lowest BCUT2D eigenvalue weighted by molar-refractivity contribution is 0.100. The number of carbonyl (C=O) groups is 2. The van der Waals surface area contributed by atoms with E-state index in [1.165, 1.54) is 17.8 Å². The second-order valence-electron chi connectivity index (χ2n) is 5.77. The SMILES string of the molecule is NC(=O)c1sc2nccc3c2c1N(C1CCCCC1)C(=O)N3. The molecule has 0 spiro atoms. The predicted molar refractivity (Wildman–Crippen MR) is 86.5 cm³/mol. The van der Waals surface area contributed by atoms with Crippen LogP contribution in [0.1, 0.15) is 41.8 Å². The zero-order valence-corrected chi connectivity index (χ0v) is 12.8. The highest BCUT2D eigenvalue weighted by Gasteiger charge is 2.36. The number of primary amides is 1. The third-order valence-electron chi connectivity index (χ3n) is 4.43. The number of pyridine rings is 1. The number of urea groups is 1.